The van der Waals surface area contributed by atoms with E-state index < -0.39 is 11.6 Å². The Hall–Kier alpha value is -3.27. The zero-order valence-corrected chi connectivity index (χ0v) is 21.7. The third-order valence-electron chi connectivity index (χ3n) is 7.06. The van der Waals surface area contributed by atoms with Crippen LogP contribution in [0.4, 0.5) is 13.2 Å². The zero-order chi connectivity index (χ0) is 26.2. The van der Waals surface area contributed by atoms with E-state index in [4.69, 9.17) is 4.74 Å². The normalized spacial score (nSPS) is 15.7. The van der Waals surface area contributed by atoms with Gasteiger partial charge in [-0.15, -0.1) is 0 Å². The van der Waals surface area contributed by atoms with Gasteiger partial charge in [0.1, 0.15) is 5.82 Å². The molecule has 4 heteroatoms. The summed E-state index contributed by atoms with van der Waals surface area (Å²) in [6.45, 7) is 4.51. The van der Waals surface area contributed by atoms with Crippen molar-refractivity contribution in [2.45, 2.75) is 58.8 Å². The van der Waals surface area contributed by atoms with Crippen LogP contribution >= 0.6 is 0 Å². The summed E-state index contributed by atoms with van der Waals surface area (Å²) in [4.78, 5) is 0. The monoisotopic (exact) mass is 504 g/mol. The summed E-state index contributed by atoms with van der Waals surface area (Å²) < 4.78 is 49.9. The third kappa shape index (κ3) is 6.54. The molecule has 0 fully saturated rings. The van der Waals surface area contributed by atoms with Crippen molar-refractivity contribution in [1.82, 2.24) is 0 Å². The molecular formula is C33H35F3O. The van der Waals surface area contributed by atoms with Crippen molar-refractivity contribution in [3.05, 3.63) is 95.8 Å². The van der Waals surface area contributed by atoms with E-state index in [0.29, 0.717) is 23.7 Å². The van der Waals surface area contributed by atoms with E-state index in [2.05, 4.69) is 25.2 Å². The van der Waals surface area contributed by atoms with Gasteiger partial charge in [-0.25, -0.2) is 8.78 Å². The lowest BCUT2D eigenvalue weighted by Gasteiger charge is -2.20. The van der Waals surface area contributed by atoms with Gasteiger partial charge in [-0.3, -0.25) is 0 Å². The molecule has 0 amide bonds. The zero-order valence-electron chi connectivity index (χ0n) is 21.7. The third-order valence-corrected chi connectivity index (χ3v) is 7.06. The Labute approximate surface area is 218 Å². The van der Waals surface area contributed by atoms with Gasteiger partial charge in [0.2, 0.25) is 5.82 Å². The molecule has 194 valence electrons. The summed E-state index contributed by atoms with van der Waals surface area (Å²) in [6, 6.07) is 15.4. The lowest BCUT2D eigenvalue weighted by molar-refractivity contribution is 0.285. The molecule has 4 rings (SSSR count). The number of benzene rings is 3. The first kappa shape index (κ1) is 26.8. The highest BCUT2D eigenvalue weighted by atomic mass is 19.2. The molecule has 0 saturated heterocycles. The SMILES string of the molecule is CC=CC1CC=C(c2ccc(-c3ccc(-c4ccc(OCCCCCC)c(F)c4F)cc3)cc2F)CC1. The molecule has 1 nitrogen and oxygen atoms in total. The predicted octanol–water partition coefficient (Wildman–Crippen LogP) is 10.2. The fourth-order valence-electron chi connectivity index (χ4n) is 4.92. The maximum atomic E-state index is 15.0. The highest BCUT2D eigenvalue weighted by Crippen LogP contribution is 2.35. The highest BCUT2D eigenvalue weighted by molar-refractivity contribution is 5.74. The van der Waals surface area contributed by atoms with E-state index in [0.717, 1.165) is 61.6 Å². The predicted molar refractivity (Wildman–Crippen MR) is 147 cm³/mol. The number of hydrogen-bond donors (Lipinski definition) is 0. The van der Waals surface area contributed by atoms with Crippen molar-refractivity contribution in [3.63, 3.8) is 0 Å². The first-order valence-electron chi connectivity index (χ1n) is 13.3. The first-order chi connectivity index (χ1) is 18.0. The molecular weight excluding hydrogens is 469 g/mol. The van der Waals surface area contributed by atoms with Crippen molar-refractivity contribution >= 4 is 5.57 Å². The maximum Gasteiger partial charge on any atom is 0.201 e. The summed E-state index contributed by atoms with van der Waals surface area (Å²) >= 11 is 0. The molecule has 1 aliphatic rings. The van der Waals surface area contributed by atoms with Crippen LogP contribution in [0.25, 0.3) is 27.8 Å². The molecule has 1 unspecified atom stereocenters. The van der Waals surface area contributed by atoms with Crippen LogP contribution in [-0.4, -0.2) is 6.61 Å². The van der Waals surface area contributed by atoms with Gasteiger partial charge in [-0.05, 0) is 79.0 Å². The fraction of sp³-hybridized carbons (Fsp3) is 0.333. The molecule has 37 heavy (non-hydrogen) atoms. The Morgan fingerprint density at radius 1 is 0.838 bits per heavy atom. The number of ether oxygens (including phenoxy) is 1. The Morgan fingerprint density at radius 3 is 2.24 bits per heavy atom. The first-order valence-corrected chi connectivity index (χ1v) is 13.3. The molecule has 1 aliphatic carbocycles. The van der Waals surface area contributed by atoms with Gasteiger partial charge in [0.25, 0.3) is 0 Å². The quantitative estimate of drug-likeness (QED) is 0.197. The van der Waals surface area contributed by atoms with Gasteiger partial charge in [0.05, 0.1) is 6.61 Å². The molecule has 0 bridgehead atoms. The summed E-state index contributed by atoms with van der Waals surface area (Å²) in [7, 11) is 0. The molecule has 0 aromatic heterocycles. The molecule has 3 aromatic rings. The fourth-order valence-corrected chi connectivity index (χ4v) is 4.92. The molecule has 1 atom stereocenters. The summed E-state index contributed by atoms with van der Waals surface area (Å²) in [5, 5.41) is 0. The second kappa shape index (κ2) is 12.8. The smallest absolute Gasteiger partial charge is 0.201 e. The van der Waals surface area contributed by atoms with E-state index in [-0.39, 0.29) is 17.1 Å². The van der Waals surface area contributed by atoms with Crippen LogP contribution in [0.1, 0.15) is 64.4 Å². The number of unbranched alkanes of at least 4 members (excludes halogenated alkanes) is 3. The molecule has 0 N–H and O–H groups in total. The van der Waals surface area contributed by atoms with Crippen LogP contribution in [0.15, 0.2) is 72.8 Å². The van der Waals surface area contributed by atoms with Gasteiger partial charge in [0.15, 0.2) is 11.6 Å². The number of allylic oxidation sites excluding steroid dienone is 4. The topological polar surface area (TPSA) is 9.23 Å². The Balaban J connectivity index is 1.46. The number of hydrogen-bond acceptors (Lipinski definition) is 1. The highest BCUT2D eigenvalue weighted by Gasteiger charge is 2.18. The Bertz CT molecular complexity index is 1260. The Kier molecular flexibility index (Phi) is 9.27. The standard InChI is InChI=1S/C33H35F3O/c1-3-5-6-7-21-37-31-20-19-29(32(35)33(31)36)26-15-13-24(14-16-26)27-17-18-28(30(34)22-27)25-11-9-23(8-4-2)10-12-25/h4,8,11,13-20,22-23H,3,5-7,9-10,12,21H2,1-2H3. The molecule has 0 aliphatic heterocycles. The van der Waals surface area contributed by atoms with E-state index in [1.807, 2.05) is 19.1 Å². The van der Waals surface area contributed by atoms with E-state index in [1.165, 1.54) is 6.07 Å². The molecule has 3 aromatic carbocycles. The van der Waals surface area contributed by atoms with Crippen molar-refractivity contribution in [2.24, 2.45) is 5.92 Å². The van der Waals surface area contributed by atoms with Crippen LogP contribution < -0.4 is 4.74 Å². The average molecular weight is 505 g/mol. The molecule has 0 saturated carbocycles. The number of rotatable bonds is 10. The van der Waals surface area contributed by atoms with Crippen LogP contribution in [-0.2, 0) is 0 Å². The summed E-state index contributed by atoms with van der Waals surface area (Å²) in [5.41, 5.74) is 4.00. The second-order valence-corrected chi connectivity index (χ2v) is 9.71. The number of halogens is 3. The molecule has 0 spiro atoms. The molecule has 0 heterocycles. The van der Waals surface area contributed by atoms with Crippen molar-refractivity contribution < 1.29 is 17.9 Å². The Morgan fingerprint density at radius 2 is 1.57 bits per heavy atom. The minimum absolute atomic E-state index is 0.0598. The van der Waals surface area contributed by atoms with Gasteiger partial charge >= 0.3 is 0 Å². The molecule has 0 radical (unpaired) electrons. The summed E-state index contributed by atoms with van der Waals surface area (Å²) in [6.07, 6.45) is 13.3. The van der Waals surface area contributed by atoms with Crippen LogP contribution in [0.3, 0.4) is 0 Å². The second-order valence-electron chi connectivity index (χ2n) is 9.71. The van der Waals surface area contributed by atoms with Crippen molar-refractivity contribution in [3.8, 4) is 28.0 Å². The van der Waals surface area contributed by atoms with Gasteiger partial charge in [-0.1, -0.05) is 80.8 Å². The van der Waals surface area contributed by atoms with Gasteiger partial charge in [-0.2, -0.15) is 4.39 Å². The largest absolute Gasteiger partial charge is 0.490 e. The van der Waals surface area contributed by atoms with Crippen molar-refractivity contribution in [1.29, 1.82) is 0 Å². The maximum absolute atomic E-state index is 15.0. The van der Waals surface area contributed by atoms with Crippen LogP contribution in [0.5, 0.6) is 5.75 Å². The van der Waals surface area contributed by atoms with E-state index in [1.54, 1.807) is 36.4 Å². The lowest BCUT2D eigenvalue weighted by atomic mass is 9.86. The van der Waals surface area contributed by atoms with Gasteiger partial charge < -0.3 is 4.74 Å². The minimum Gasteiger partial charge on any atom is -0.490 e. The van der Waals surface area contributed by atoms with Crippen LogP contribution in [0, 0.1) is 23.4 Å². The van der Waals surface area contributed by atoms with Gasteiger partial charge in [0, 0.05) is 11.1 Å². The van der Waals surface area contributed by atoms with Crippen LogP contribution in [0.2, 0.25) is 0 Å². The van der Waals surface area contributed by atoms with E-state index in [9.17, 15) is 8.78 Å². The minimum atomic E-state index is -0.969. The van der Waals surface area contributed by atoms with Crippen molar-refractivity contribution in [2.75, 3.05) is 6.61 Å². The average Bonchev–Trinajstić information content (AvgIpc) is 2.92. The summed E-state index contributed by atoms with van der Waals surface area (Å²) in [5.74, 6) is -1.66. The van der Waals surface area contributed by atoms with E-state index >= 15 is 4.39 Å². The lowest BCUT2D eigenvalue weighted by Crippen LogP contribution is -2.03.